The molecule has 0 unspecified atom stereocenters. The Bertz CT molecular complexity index is 1130. The molecule has 1 aliphatic heterocycles. The average Bonchev–Trinajstić information content (AvgIpc) is 3.13. The Balaban J connectivity index is 1.42. The highest BCUT2D eigenvalue weighted by atomic mass is 32.2. The number of anilines is 1. The van der Waals surface area contributed by atoms with Gasteiger partial charge in [-0.3, -0.25) is 4.79 Å². The van der Waals surface area contributed by atoms with Crippen molar-refractivity contribution in [1.29, 1.82) is 0 Å². The van der Waals surface area contributed by atoms with E-state index in [2.05, 4.69) is 10.5 Å². The number of carbonyl (C=O) groups excluding carboxylic acids is 1. The molecule has 9 heteroatoms. The first kappa shape index (κ1) is 19.4. The van der Waals surface area contributed by atoms with Gasteiger partial charge in [0.05, 0.1) is 10.3 Å². The summed E-state index contributed by atoms with van der Waals surface area (Å²) in [5.41, 5.74) is 7.49. The summed E-state index contributed by atoms with van der Waals surface area (Å²) >= 11 is 0. The number of piperidine rings is 1. The van der Waals surface area contributed by atoms with E-state index >= 15 is 0 Å². The molecule has 29 heavy (non-hydrogen) atoms. The molecule has 3 aromatic rings. The molecule has 4 rings (SSSR count). The first-order valence-corrected chi connectivity index (χ1v) is 10.9. The van der Waals surface area contributed by atoms with Crippen LogP contribution in [0.15, 0.2) is 51.9 Å². The standard InChI is InChI=1S/C20H22N4O4S/c21-19-17-9-4-14(12-18(17)28-23-19)13-22-20(25)15-5-7-16(8-6-15)29(26,27)24-10-2-1-3-11-24/h4-9,12H,1-3,10-11,13H2,(H2,21,23)(H,22,25). The molecule has 0 atom stereocenters. The van der Waals surface area contributed by atoms with Crippen molar-refractivity contribution < 1.29 is 17.7 Å². The van der Waals surface area contributed by atoms with E-state index in [1.54, 1.807) is 12.1 Å². The van der Waals surface area contributed by atoms with Crippen LogP contribution in [-0.2, 0) is 16.6 Å². The molecule has 1 saturated heterocycles. The fourth-order valence-electron chi connectivity index (χ4n) is 3.43. The van der Waals surface area contributed by atoms with Crippen LogP contribution in [0.2, 0.25) is 0 Å². The first-order chi connectivity index (χ1) is 13.9. The predicted octanol–water partition coefficient (Wildman–Crippen LogP) is 2.51. The maximum atomic E-state index is 12.7. The third-order valence-electron chi connectivity index (χ3n) is 5.09. The number of carbonyl (C=O) groups is 1. The predicted molar refractivity (Wildman–Crippen MR) is 109 cm³/mol. The maximum absolute atomic E-state index is 12.7. The molecule has 0 saturated carbocycles. The second-order valence-electron chi connectivity index (χ2n) is 7.07. The molecule has 0 spiro atoms. The smallest absolute Gasteiger partial charge is 0.251 e. The summed E-state index contributed by atoms with van der Waals surface area (Å²) < 4.78 is 32.0. The van der Waals surface area contributed by atoms with E-state index in [-0.39, 0.29) is 10.8 Å². The van der Waals surface area contributed by atoms with Crippen molar-refractivity contribution in [2.75, 3.05) is 18.8 Å². The number of nitrogens with two attached hydrogens (primary N) is 1. The molecule has 2 heterocycles. The first-order valence-electron chi connectivity index (χ1n) is 9.47. The van der Waals surface area contributed by atoms with Crippen LogP contribution in [0.3, 0.4) is 0 Å². The summed E-state index contributed by atoms with van der Waals surface area (Å²) in [6.45, 7) is 1.39. The number of aromatic nitrogens is 1. The second kappa shape index (κ2) is 7.84. The van der Waals surface area contributed by atoms with E-state index in [1.807, 2.05) is 6.07 Å². The van der Waals surface area contributed by atoms with Crippen LogP contribution in [0, 0.1) is 0 Å². The molecule has 0 radical (unpaired) electrons. The summed E-state index contributed by atoms with van der Waals surface area (Å²) in [4.78, 5) is 12.6. The van der Waals surface area contributed by atoms with Crippen LogP contribution >= 0.6 is 0 Å². The Kier molecular flexibility index (Phi) is 5.25. The van der Waals surface area contributed by atoms with Gasteiger partial charge in [-0.1, -0.05) is 17.6 Å². The van der Waals surface area contributed by atoms with Crippen molar-refractivity contribution >= 4 is 32.7 Å². The van der Waals surface area contributed by atoms with E-state index in [0.717, 1.165) is 30.2 Å². The summed E-state index contributed by atoms with van der Waals surface area (Å²) in [5, 5.41) is 7.25. The van der Waals surface area contributed by atoms with Gasteiger partial charge in [-0.25, -0.2) is 8.42 Å². The van der Waals surface area contributed by atoms with E-state index in [9.17, 15) is 13.2 Å². The molecule has 2 aromatic carbocycles. The van der Waals surface area contributed by atoms with E-state index in [0.29, 0.717) is 36.6 Å². The topological polar surface area (TPSA) is 119 Å². The molecule has 0 aliphatic carbocycles. The Morgan fingerprint density at radius 2 is 1.83 bits per heavy atom. The molecule has 3 N–H and O–H groups in total. The lowest BCUT2D eigenvalue weighted by Crippen LogP contribution is -2.35. The number of rotatable bonds is 5. The monoisotopic (exact) mass is 414 g/mol. The molecule has 1 amide bonds. The third kappa shape index (κ3) is 3.96. The normalized spacial score (nSPS) is 15.4. The second-order valence-corrected chi connectivity index (χ2v) is 9.01. The van der Waals surface area contributed by atoms with Gasteiger partial charge in [0.2, 0.25) is 10.0 Å². The fourth-order valence-corrected chi connectivity index (χ4v) is 4.95. The van der Waals surface area contributed by atoms with Crippen LogP contribution in [0.25, 0.3) is 11.0 Å². The van der Waals surface area contributed by atoms with Crippen LogP contribution in [0.4, 0.5) is 5.82 Å². The average molecular weight is 414 g/mol. The highest BCUT2D eigenvalue weighted by Crippen LogP contribution is 2.22. The van der Waals surface area contributed by atoms with Gasteiger partial charge < -0.3 is 15.6 Å². The van der Waals surface area contributed by atoms with E-state index in [1.165, 1.54) is 28.6 Å². The highest BCUT2D eigenvalue weighted by molar-refractivity contribution is 7.89. The Labute approximate surface area is 168 Å². The molecular formula is C20H22N4O4S. The summed E-state index contributed by atoms with van der Waals surface area (Å²) in [5.74, 6) is 0.0410. The summed E-state index contributed by atoms with van der Waals surface area (Å²) in [7, 11) is -3.50. The lowest BCUT2D eigenvalue weighted by molar-refractivity contribution is 0.0951. The third-order valence-corrected chi connectivity index (χ3v) is 7.00. The number of nitrogens with zero attached hydrogens (tertiary/aromatic N) is 2. The van der Waals surface area contributed by atoms with Crippen LogP contribution in [0.5, 0.6) is 0 Å². The van der Waals surface area contributed by atoms with Crippen LogP contribution in [0.1, 0.15) is 35.2 Å². The number of benzene rings is 2. The van der Waals surface area contributed by atoms with Crippen molar-refractivity contribution in [3.05, 3.63) is 53.6 Å². The van der Waals surface area contributed by atoms with E-state index in [4.69, 9.17) is 10.3 Å². The summed E-state index contributed by atoms with van der Waals surface area (Å²) in [6, 6.07) is 11.4. The van der Waals surface area contributed by atoms with Gasteiger partial charge in [0.15, 0.2) is 11.4 Å². The van der Waals surface area contributed by atoms with Crippen LogP contribution in [-0.4, -0.2) is 36.9 Å². The molecular weight excluding hydrogens is 392 g/mol. The Hall–Kier alpha value is -2.91. The Morgan fingerprint density at radius 1 is 1.10 bits per heavy atom. The number of amides is 1. The van der Waals surface area contributed by atoms with Gasteiger partial charge >= 0.3 is 0 Å². The number of fused-ring (bicyclic) bond motifs is 1. The lowest BCUT2D eigenvalue weighted by atomic mass is 10.1. The van der Waals surface area contributed by atoms with Gasteiger partial charge in [-0.2, -0.15) is 4.31 Å². The zero-order valence-corrected chi connectivity index (χ0v) is 16.6. The van der Waals surface area contributed by atoms with Crippen LogP contribution < -0.4 is 11.1 Å². The van der Waals surface area contributed by atoms with Gasteiger partial charge in [-0.05, 0) is 54.8 Å². The SMILES string of the molecule is Nc1noc2cc(CNC(=O)c3ccc(S(=O)(=O)N4CCCCC4)cc3)ccc12. The zero-order chi connectivity index (χ0) is 20.4. The van der Waals surface area contributed by atoms with Gasteiger partial charge in [-0.15, -0.1) is 0 Å². The van der Waals surface area contributed by atoms with Gasteiger partial charge in [0, 0.05) is 25.2 Å². The minimum atomic E-state index is -3.50. The number of nitrogens with one attached hydrogen (secondary N) is 1. The molecule has 1 fully saturated rings. The molecule has 8 nitrogen and oxygen atoms in total. The molecule has 1 aliphatic rings. The van der Waals surface area contributed by atoms with E-state index < -0.39 is 10.0 Å². The molecule has 152 valence electrons. The van der Waals surface area contributed by atoms with Crippen molar-refractivity contribution in [1.82, 2.24) is 14.8 Å². The minimum absolute atomic E-state index is 0.212. The van der Waals surface area contributed by atoms with Crippen molar-refractivity contribution in [3.63, 3.8) is 0 Å². The number of sulfonamides is 1. The minimum Gasteiger partial charge on any atom is -0.380 e. The summed E-state index contributed by atoms with van der Waals surface area (Å²) in [6.07, 6.45) is 2.82. The quantitative estimate of drug-likeness (QED) is 0.662. The lowest BCUT2D eigenvalue weighted by Gasteiger charge is -2.25. The van der Waals surface area contributed by atoms with Crippen molar-refractivity contribution in [3.8, 4) is 0 Å². The number of hydrogen-bond acceptors (Lipinski definition) is 6. The molecule has 1 aromatic heterocycles. The largest absolute Gasteiger partial charge is 0.380 e. The molecule has 0 bridgehead atoms. The number of nitrogen functional groups attached to an aromatic ring is 1. The maximum Gasteiger partial charge on any atom is 0.251 e. The fraction of sp³-hybridized carbons (Fsp3) is 0.300. The van der Waals surface area contributed by atoms with Crippen molar-refractivity contribution in [2.24, 2.45) is 0 Å². The zero-order valence-electron chi connectivity index (χ0n) is 15.8. The van der Waals surface area contributed by atoms with Gasteiger partial charge in [0.25, 0.3) is 5.91 Å². The van der Waals surface area contributed by atoms with Crippen molar-refractivity contribution in [2.45, 2.75) is 30.7 Å². The number of hydrogen-bond donors (Lipinski definition) is 2. The van der Waals surface area contributed by atoms with Gasteiger partial charge in [0.1, 0.15) is 0 Å². The Morgan fingerprint density at radius 3 is 2.55 bits per heavy atom. The highest BCUT2D eigenvalue weighted by Gasteiger charge is 2.25.